The smallest absolute Gasteiger partial charge is 0.250 e. The fraction of sp³-hybridized carbons (Fsp3) is 0.667. The molecule has 1 N–H and O–H groups in total. The van der Waals surface area contributed by atoms with E-state index in [1.54, 1.807) is 31.1 Å². The first-order valence-electron chi connectivity index (χ1n) is 8.80. The van der Waals surface area contributed by atoms with E-state index in [-0.39, 0.29) is 42.0 Å². The number of carbonyl (C=O) groups excluding carboxylic acids is 1. The van der Waals surface area contributed by atoms with Gasteiger partial charge in [-0.05, 0) is 24.8 Å². The van der Waals surface area contributed by atoms with Crippen molar-refractivity contribution in [2.24, 2.45) is 17.8 Å². The number of nitrogens with zero attached hydrogens (tertiary/aromatic N) is 3. The summed E-state index contributed by atoms with van der Waals surface area (Å²) in [6.07, 6.45) is 2.49. The molecule has 1 amide bonds. The number of pyridine rings is 1. The van der Waals surface area contributed by atoms with Crippen molar-refractivity contribution in [1.82, 2.24) is 14.4 Å². The van der Waals surface area contributed by atoms with Crippen LogP contribution in [0.5, 0.6) is 0 Å². The Morgan fingerprint density at radius 1 is 1.33 bits per heavy atom. The Labute approximate surface area is 141 Å². The van der Waals surface area contributed by atoms with Crippen LogP contribution in [0.15, 0.2) is 23.0 Å². The third kappa shape index (κ3) is 2.31. The van der Waals surface area contributed by atoms with Crippen LogP contribution in [0.1, 0.15) is 24.6 Å². The fourth-order valence-electron chi connectivity index (χ4n) is 4.60. The van der Waals surface area contributed by atoms with E-state index in [1.165, 1.54) is 12.8 Å². The maximum atomic E-state index is 12.9. The van der Waals surface area contributed by atoms with Gasteiger partial charge in [0, 0.05) is 57.5 Å². The fourth-order valence-corrected chi connectivity index (χ4v) is 4.60. The SMILES string of the molecule is CN(C)C(=O)[C@H]1[C@H](CO)[C@H]2Cn3c(cccc3=O)[C@@H]1N2CC1CC1. The second-order valence-corrected chi connectivity index (χ2v) is 7.66. The van der Waals surface area contributed by atoms with Crippen molar-refractivity contribution >= 4 is 5.91 Å². The molecule has 2 bridgehead atoms. The van der Waals surface area contributed by atoms with Crippen LogP contribution in [-0.4, -0.2) is 58.7 Å². The van der Waals surface area contributed by atoms with Crippen molar-refractivity contribution in [2.75, 3.05) is 27.2 Å². The summed E-state index contributed by atoms with van der Waals surface area (Å²) in [7, 11) is 3.53. The molecule has 3 aliphatic rings. The number of hydrogen-bond acceptors (Lipinski definition) is 4. The lowest BCUT2D eigenvalue weighted by atomic mass is 9.86. The number of aliphatic hydroxyl groups is 1. The number of amides is 1. The largest absolute Gasteiger partial charge is 0.396 e. The Kier molecular flexibility index (Phi) is 3.77. The van der Waals surface area contributed by atoms with Crippen LogP contribution >= 0.6 is 0 Å². The Balaban J connectivity index is 1.82. The first kappa shape index (κ1) is 15.8. The molecule has 1 saturated carbocycles. The normalized spacial score (nSPS) is 31.8. The molecule has 6 nitrogen and oxygen atoms in total. The van der Waals surface area contributed by atoms with E-state index < -0.39 is 0 Å². The van der Waals surface area contributed by atoms with Crippen molar-refractivity contribution in [3.05, 3.63) is 34.2 Å². The molecule has 0 aromatic carbocycles. The van der Waals surface area contributed by atoms with Crippen LogP contribution in [0.25, 0.3) is 0 Å². The van der Waals surface area contributed by atoms with Crippen molar-refractivity contribution in [2.45, 2.75) is 31.5 Å². The van der Waals surface area contributed by atoms with Crippen molar-refractivity contribution in [3.63, 3.8) is 0 Å². The van der Waals surface area contributed by atoms with E-state index in [0.717, 1.165) is 12.2 Å². The highest BCUT2D eigenvalue weighted by Crippen LogP contribution is 2.50. The van der Waals surface area contributed by atoms with Gasteiger partial charge in [-0.25, -0.2) is 0 Å². The second-order valence-electron chi connectivity index (χ2n) is 7.66. The molecule has 6 heteroatoms. The van der Waals surface area contributed by atoms with Gasteiger partial charge in [0.05, 0.1) is 12.0 Å². The van der Waals surface area contributed by atoms with E-state index in [4.69, 9.17) is 0 Å². The van der Waals surface area contributed by atoms with Crippen LogP contribution in [0.3, 0.4) is 0 Å². The zero-order chi connectivity index (χ0) is 17.0. The Bertz CT molecular complexity index is 710. The average Bonchev–Trinajstić information content (AvgIpc) is 3.33. The maximum absolute atomic E-state index is 12.9. The molecule has 24 heavy (non-hydrogen) atoms. The highest BCUT2D eigenvalue weighted by Gasteiger charge is 2.56. The first-order valence-corrected chi connectivity index (χ1v) is 8.80. The number of fused-ring (bicyclic) bond motifs is 4. The summed E-state index contributed by atoms with van der Waals surface area (Å²) in [5, 5.41) is 10.0. The molecule has 1 aromatic rings. The molecule has 1 aromatic heterocycles. The summed E-state index contributed by atoms with van der Waals surface area (Å²) in [5.74, 6) is 0.337. The minimum absolute atomic E-state index is 0.0109. The van der Waals surface area contributed by atoms with Crippen LogP contribution in [-0.2, 0) is 11.3 Å². The first-order chi connectivity index (χ1) is 11.5. The molecule has 130 valence electrons. The number of aromatic nitrogens is 1. The van der Waals surface area contributed by atoms with Crippen molar-refractivity contribution in [3.8, 4) is 0 Å². The third-order valence-corrected chi connectivity index (χ3v) is 5.94. The molecule has 0 unspecified atom stereocenters. The van der Waals surface area contributed by atoms with Gasteiger partial charge >= 0.3 is 0 Å². The monoisotopic (exact) mass is 331 g/mol. The minimum atomic E-state index is -0.288. The van der Waals surface area contributed by atoms with Gasteiger partial charge in [0.25, 0.3) is 5.56 Å². The van der Waals surface area contributed by atoms with Gasteiger partial charge < -0.3 is 14.6 Å². The lowest BCUT2D eigenvalue weighted by molar-refractivity contribution is -0.135. The van der Waals surface area contributed by atoms with Gasteiger partial charge in [-0.1, -0.05) is 6.07 Å². The van der Waals surface area contributed by atoms with Crippen molar-refractivity contribution in [1.29, 1.82) is 0 Å². The van der Waals surface area contributed by atoms with E-state index in [1.807, 2.05) is 10.6 Å². The summed E-state index contributed by atoms with van der Waals surface area (Å²) in [4.78, 5) is 29.2. The molecule has 2 fully saturated rings. The molecule has 1 saturated heterocycles. The van der Waals surface area contributed by atoms with Gasteiger partial charge in [0.1, 0.15) is 0 Å². The highest BCUT2D eigenvalue weighted by molar-refractivity contribution is 5.80. The molecule has 0 spiro atoms. The van der Waals surface area contributed by atoms with Crippen LogP contribution in [0.4, 0.5) is 0 Å². The zero-order valence-corrected chi connectivity index (χ0v) is 14.3. The van der Waals surface area contributed by atoms with Gasteiger partial charge in [0.15, 0.2) is 0 Å². The predicted molar refractivity (Wildman–Crippen MR) is 89.4 cm³/mol. The molecular formula is C18H25N3O3. The summed E-state index contributed by atoms with van der Waals surface area (Å²) in [6.45, 7) is 1.52. The van der Waals surface area contributed by atoms with Gasteiger partial charge in [0.2, 0.25) is 5.91 Å². The van der Waals surface area contributed by atoms with Gasteiger partial charge in [-0.2, -0.15) is 0 Å². The van der Waals surface area contributed by atoms with Crippen LogP contribution in [0.2, 0.25) is 0 Å². The number of carbonyl (C=O) groups is 1. The number of aliphatic hydroxyl groups excluding tert-OH is 1. The third-order valence-electron chi connectivity index (χ3n) is 5.94. The second kappa shape index (κ2) is 5.70. The summed E-state index contributed by atoms with van der Waals surface area (Å²) in [6, 6.07) is 5.29. The molecular weight excluding hydrogens is 306 g/mol. The maximum Gasteiger partial charge on any atom is 0.250 e. The quantitative estimate of drug-likeness (QED) is 0.862. The highest BCUT2D eigenvalue weighted by atomic mass is 16.3. The van der Waals surface area contributed by atoms with E-state index in [2.05, 4.69) is 4.90 Å². The van der Waals surface area contributed by atoms with Crippen LogP contribution in [0, 0.1) is 17.8 Å². The predicted octanol–water partition coefficient (Wildman–Crippen LogP) is 0.310. The Hall–Kier alpha value is -1.66. The Morgan fingerprint density at radius 2 is 2.08 bits per heavy atom. The molecule has 4 atom stereocenters. The lowest BCUT2D eigenvalue weighted by Gasteiger charge is -2.38. The minimum Gasteiger partial charge on any atom is -0.396 e. The molecule has 1 aliphatic carbocycles. The van der Waals surface area contributed by atoms with E-state index in [0.29, 0.717) is 12.5 Å². The van der Waals surface area contributed by atoms with Gasteiger partial charge in [-0.15, -0.1) is 0 Å². The standard InChI is InChI=1S/C18H25N3O3/c1-19(2)18(24)16-12(10-22)14-9-20-13(4-3-5-15(20)23)17(16)21(14)8-11-6-7-11/h3-5,11-12,14,16-17,22H,6-10H2,1-2H3/t12-,14-,16+,17+/m1/s1. The molecule has 4 rings (SSSR count). The average molecular weight is 331 g/mol. The molecule has 0 radical (unpaired) electrons. The number of rotatable bonds is 4. The summed E-state index contributed by atoms with van der Waals surface area (Å²) in [5.41, 5.74) is 0.916. The van der Waals surface area contributed by atoms with Crippen molar-refractivity contribution < 1.29 is 9.90 Å². The number of hydrogen-bond donors (Lipinski definition) is 1. The Morgan fingerprint density at radius 3 is 2.71 bits per heavy atom. The zero-order valence-electron chi connectivity index (χ0n) is 14.3. The molecule has 3 heterocycles. The van der Waals surface area contributed by atoms with Crippen LogP contribution < -0.4 is 5.56 Å². The topological polar surface area (TPSA) is 65.8 Å². The summed E-state index contributed by atoms with van der Waals surface area (Å²) < 4.78 is 1.81. The van der Waals surface area contributed by atoms with Gasteiger partial charge in [-0.3, -0.25) is 14.5 Å². The lowest BCUT2D eigenvalue weighted by Crippen LogP contribution is -2.47. The van der Waals surface area contributed by atoms with E-state index >= 15 is 0 Å². The van der Waals surface area contributed by atoms with E-state index in [9.17, 15) is 14.7 Å². The summed E-state index contributed by atoms with van der Waals surface area (Å²) >= 11 is 0. The molecule has 2 aliphatic heterocycles.